The summed E-state index contributed by atoms with van der Waals surface area (Å²) in [6, 6.07) is 14.0. The predicted molar refractivity (Wildman–Crippen MR) is 80.5 cm³/mol. The fraction of sp³-hybridized carbons (Fsp3) is 0.133. The summed E-state index contributed by atoms with van der Waals surface area (Å²) in [6.45, 7) is 0. The van der Waals surface area contributed by atoms with Crippen molar-refractivity contribution in [2.45, 2.75) is 4.90 Å². The van der Waals surface area contributed by atoms with E-state index in [0.717, 1.165) is 10.6 Å². The number of anilines is 1. The Hall–Kier alpha value is -2.14. The van der Waals surface area contributed by atoms with Gasteiger partial charge in [-0.3, -0.25) is 4.79 Å². The van der Waals surface area contributed by atoms with Gasteiger partial charge in [-0.05, 0) is 36.4 Å². The highest BCUT2D eigenvalue weighted by molar-refractivity contribution is 8.00. The van der Waals surface area contributed by atoms with Crippen molar-refractivity contribution in [3.8, 4) is 11.5 Å². The Labute approximate surface area is 121 Å². The number of amides is 1. The molecule has 0 aliphatic carbocycles. The normalized spacial score (nSPS) is 10.1. The van der Waals surface area contributed by atoms with Crippen LogP contribution >= 0.6 is 11.8 Å². The van der Waals surface area contributed by atoms with Gasteiger partial charge in [0.2, 0.25) is 5.91 Å². The second-order valence-electron chi connectivity index (χ2n) is 4.06. The highest BCUT2D eigenvalue weighted by atomic mass is 32.2. The number of rotatable bonds is 5. The monoisotopic (exact) mass is 289 g/mol. The molecule has 0 saturated carbocycles. The van der Waals surface area contributed by atoms with E-state index in [1.165, 1.54) is 17.8 Å². The van der Waals surface area contributed by atoms with Gasteiger partial charge in [-0.1, -0.05) is 6.07 Å². The summed E-state index contributed by atoms with van der Waals surface area (Å²) in [6.07, 6.45) is 0. The smallest absolute Gasteiger partial charge is 0.234 e. The van der Waals surface area contributed by atoms with Gasteiger partial charge in [0.15, 0.2) is 0 Å². The third kappa shape index (κ3) is 4.20. The summed E-state index contributed by atoms with van der Waals surface area (Å²) in [7, 11) is 1.62. The molecule has 0 bridgehead atoms. The lowest BCUT2D eigenvalue weighted by Gasteiger charge is -2.06. The number of phenols is 1. The van der Waals surface area contributed by atoms with Crippen LogP contribution in [0.2, 0.25) is 0 Å². The van der Waals surface area contributed by atoms with Crippen LogP contribution in [-0.2, 0) is 4.79 Å². The van der Waals surface area contributed by atoms with Crippen molar-refractivity contribution in [3.05, 3.63) is 48.5 Å². The largest absolute Gasteiger partial charge is 0.508 e. The molecule has 0 aromatic heterocycles. The van der Waals surface area contributed by atoms with E-state index in [1.54, 1.807) is 25.3 Å². The first-order valence-electron chi connectivity index (χ1n) is 6.03. The van der Waals surface area contributed by atoms with Crippen molar-refractivity contribution in [2.24, 2.45) is 0 Å². The maximum atomic E-state index is 11.8. The average molecular weight is 289 g/mol. The molecule has 0 radical (unpaired) electrons. The first-order chi connectivity index (χ1) is 9.67. The van der Waals surface area contributed by atoms with E-state index >= 15 is 0 Å². The zero-order valence-electron chi connectivity index (χ0n) is 11.0. The first kappa shape index (κ1) is 14.3. The maximum Gasteiger partial charge on any atom is 0.234 e. The average Bonchev–Trinajstić information content (AvgIpc) is 2.46. The van der Waals surface area contributed by atoms with Crippen molar-refractivity contribution >= 4 is 23.4 Å². The molecular formula is C15H15NO3S. The summed E-state index contributed by atoms with van der Waals surface area (Å²) in [5.74, 6) is 1.11. The standard InChI is InChI=1S/C15H15NO3S/c1-19-13-5-7-14(8-6-13)20-10-15(18)16-11-3-2-4-12(17)9-11/h2-9,17H,10H2,1H3,(H,16,18). The van der Waals surface area contributed by atoms with Crippen molar-refractivity contribution in [1.29, 1.82) is 0 Å². The highest BCUT2D eigenvalue weighted by Gasteiger charge is 2.04. The maximum absolute atomic E-state index is 11.8. The Balaban J connectivity index is 1.85. The molecule has 0 unspecified atom stereocenters. The second kappa shape index (κ2) is 6.86. The van der Waals surface area contributed by atoms with E-state index < -0.39 is 0 Å². The van der Waals surface area contributed by atoms with E-state index in [4.69, 9.17) is 4.74 Å². The Bertz CT molecular complexity index is 584. The number of thioether (sulfide) groups is 1. The Kier molecular flexibility index (Phi) is 4.90. The minimum atomic E-state index is -0.114. The molecular weight excluding hydrogens is 274 g/mol. The van der Waals surface area contributed by atoms with Crippen LogP contribution in [0.3, 0.4) is 0 Å². The molecule has 2 aromatic rings. The molecule has 5 heteroatoms. The fourth-order valence-electron chi connectivity index (χ4n) is 1.60. The van der Waals surface area contributed by atoms with Crippen molar-refractivity contribution in [3.63, 3.8) is 0 Å². The van der Waals surface area contributed by atoms with E-state index in [9.17, 15) is 9.90 Å². The number of hydrogen-bond donors (Lipinski definition) is 2. The highest BCUT2D eigenvalue weighted by Crippen LogP contribution is 2.22. The van der Waals surface area contributed by atoms with Crippen molar-refractivity contribution < 1.29 is 14.6 Å². The third-order valence-electron chi connectivity index (χ3n) is 2.56. The molecule has 20 heavy (non-hydrogen) atoms. The predicted octanol–water partition coefficient (Wildman–Crippen LogP) is 3.13. The molecule has 0 aliphatic rings. The summed E-state index contributed by atoms with van der Waals surface area (Å²) in [4.78, 5) is 12.8. The molecule has 2 N–H and O–H groups in total. The van der Waals surface area contributed by atoms with Crippen LogP contribution in [-0.4, -0.2) is 23.9 Å². The third-order valence-corrected chi connectivity index (χ3v) is 3.57. The zero-order valence-corrected chi connectivity index (χ0v) is 11.8. The van der Waals surface area contributed by atoms with Crippen LogP contribution in [0.1, 0.15) is 0 Å². The number of methoxy groups -OCH3 is 1. The summed E-state index contributed by atoms with van der Waals surface area (Å²) in [5.41, 5.74) is 0.588. The van der Waals surface area contributed by atoms with Gasteiger partial charge in [0.25, 0.3) is 0 Å². The molecule has 104 valence electrons. The van der Waals surface area contributed by atoms with Gasteiger partial charge in [-0.2, -0.15) is 0 Å². The summed E-state index contributed by atoms with van der Waals surface area (Å²) in [5, 5.41) is 12.0. The van der Waals surface area contributed by atoms with E-state index in [2.05, 4.69) is 5.32 Å². The van der Waals surface area contributed by atoms with Crippen LogP contribution in [0.5, 0.6) is 11.5 Å². The van der Waals surface area contributed by atoms with E-state index in [1.807, 2.05) is 24.3 Å². The molecule has 0 atom stereocenters. The van der Waals surface area contributed by atoms with Gasteiger partial charge in [-0.15, -0.1) is 11.8 Å². The number of aromatic hydroxyl groups is 1. The molecule has 4 nitrogen and oxygen atoms in total. The quantitative estimate of drug-likeness (QED) is 0.830. The number of hydrogen-bond acceptors (Lipinski definition) is 4. The van der Waals surface area contributed by atoms with Crippen LogP contribution in [0.4, 0.5) is 5.69 Å². The Morgan fingerprint density at radius 1 is 1.25 bits per heavy atom. The van der Waals surface area contributed by atoms with E-state index in [0.29, 0.717) is 11.4 Å². The fourth-order valence-corrected chi connectivity index (χ4v) is 2.30. The number of ether oxygens (including phenoxy) is 1. The lowest BCUT2D eigenvalue weighted by molar-refractivity contribution is -0.113. The number of benzene rings is 2. The first-order valence-corrected chi connectivity index (χ1v) is 7.01. The van der Waals surface area contributed by atoms with E-state index in [-0.39, 0.29) is 11.7 Å². The van der Waals surface area contributed by atoms with Crippen LogP contribution < -0.4 is 10.1 Å². The summed E-state index contributed by atoms with van der Waals surface area (Å²) >= 11 is 1.44. The number of carbonyl (C=O) groups is 1. The molecule has 1 amide bonds. The zero-order chi connectivity index (χ0) is 14.4. The Morgan fingerprint density at radius 3 is 2.65 bits per heavy atom. The number of phenolic OH excluding ortho intramolecular Hbond substituents is 1. The molecule has 2 rings (SSSR count). The molecule has 2 aromatic carbocycles. The second-order valence-corrected chi connectivity index (χ2v) is 5.11. The van der Waals surface area contributed by atoms with Crippen molar-refractivity contribution in [2.75, 3.05) is 18.2 Å². The minimum Gasteiger partial charge on any atom is -0.508 e. The lowest BCUT2D eigenvalue weighted by atomic mass is 10.3. The Morgan fingerprint density at radius 2 is 2.00 bits per heavy atom. The van der Waals surface area contributed by atoms with Crippen LogP contribution in [0, 0.1) is 0 Å². The topological polar surface area (TPSA) is 58.6 Å². The van der Waals surface area contributed by atoms with Gasteiger partial charge in [0.1, 0.15) is 11.5 Å². The van der Waals surface area contributed by atoms with Gasteiger partial charge >= 0.3 is 0 Å². The summed E-state index contributed by atoms with van der Waals surface area (Å²) < 4.78 is 5.07. The SMILES string of the molecule is COc1ccc(SCC(=O)Nc2cccc(O)c2)cc1. The minimum absolute atomic E-state index is 0.114. The van der Waals surface area contributed by atoms with Gasteiger partial charge < -0.3 is 15.2 Å². The molecule has 0 saturated heterocycles. The van der Waals surface area contributed by atoms with Crippen LogP contribution in [0.25, 0.3) is 0 Å². The molecule has 0 fully saturated rings. The number of carbonyl (C=O) groups excluding carboxylic acids is 1. The van der Waals surface area contributed by atoms with Gasteiger partial charge in [-0.25, -0.2) is 0 Å². The van der Waals surface area contributed by atoms with Crippen molar-refractivity contribution in [1.82, 2.24) is 0 Å². The van der Waals surface area contributed by atoms with Gasteiger partial charge in [0.05, 0.1) is 12.9 Å². The molecule has 0 spiro atoms. The van der Waals surface area contributed by atoms with Gasteiger partial charge in [0, 0.05) is 16.6 Å². The van der Waals surface area contributed by atoms with Crippen LogP contribution in [0.15, 0.2) is 53.4 Å². The molecule has 0 aliphatic heterocycles. The molecule has 0 heterocycles. The number of nitrogens with one attached hydrogen (secondary N) is 1. The lowest BCUT2D eigenvalue weighted by Crippen LogP contribution is -2.13.